The third-order valence-corrected chi connectivity index (χ3v) is 3.38. The van der Waals surface area contributed by atoms with E-state index in [1.54, 1.807) is 14.2 Å². The summed E-state index contributed by atoms with van der Waals surface area (Å²) in [5, 5.41) is 9.09. The van der Waals surface area contributed by atoms with Crippen LogP contribution in [-0.2, 0) is 4.79 Å². The molecule has 0 radical (unpaired) electrons. The smallest absolute Gasteiger partial charge is 0.317 e. The molecule has 1 rings (SSSR count). The summed E-state index contributed by atoms with van der Waals surface area (Å²) >= 11 is 0. The number of hydrogen-bond acceptors (Lipinski definition) is 4. The Hall–Kier alpha value is -1.75. The van der Waals surface area contributed by atoms with Gasteiger partial charge in [0.15, 0.2) is 11.5 Å². The molecule has 1 unspecified atom stereocenters. The molecular formula is C16H25NO4. The molecule has 0 aliphatic heterocycles. The second-order valence-corrected chi connectivity index (χ2v) is 5.51. The number of ether oxygens (including phenoxy) is 2. The second-order valence-electron chi connectivity index (χ2n) is 5.51. The lowest BCUT2D eigenvalue weighted by Crippen LogP contribution is -2.35. The maximum Gasteiger partial charge on any atom is 0.317 e. The molecule has 1 aromatic carbocycles. The molecule has 118 valence electrons. The average Bonchev–Trinajstić information content (AvgIpc) is 2.44. The highest BCUT2D eigenvalue weighted by Crippen LogP contribution is 2.31. The number of methoxy groups -OCH3 is 2. The van der Waals surface area contributed by atoms with Gasteiger partial charge < -0.3 is 14.6 Å². The minimum absolute atomic E-state index is 0.0108. The summed E-state index contributed by atoms with van der Waals surface area (Å²) in [7, 11) is 3.19. The Bertz CT molecular complexity index is 473. The largest absolute Gasteiger partial charge is 0.493 e. The summed E-state index contributed by atoms with van der Waals surface area (Å²) in [5.74, 6) is 0.902. The van der Waals surface area contributed by atoms with Crippen molar-refractivity contribution in [3.05, 3.63) is 23.8 Å². The molecule has 0 saturated heterocycles. The zero-order valence-corrected chi connectivity index (χ0v) is 13.4. The van der Waals surface area contributed by atoms with Gasteiger partial charge in [-0.2, -0.15) is 0 Å². The third-order valence-electron chi connectivity index (χ3n) is 3.38. The molecule has 0 fully saturated rings. The number of aliphatic carboxylic acids is 1. The van der Waals surface area contributed by atoms with Crippen LogP contribution >= 0.6 is 0 Å². The number of carboxylic acids is 1. The van der Waals surface area contributed by atoms with Crippen molar-refractivity contribution in [3.8, 4) is 11.5 Å². The van der Waals surface area contributed by atoms with Crippen molar-refractivity contribution in [1.29, 1.82) is 0 Å². The molecule has 1 atom stereocenters. The molecule has 5 heteroatoms. The zero-order valence-electron chi connectivity index (χ0n) is 13.4. The standard InChI is InChI=1S/C16H25NO4/c1-11(2)9-17(10-16(18)19)12(3)13-6-7-14(20-4)15(8-13)21-5/h6-8,11-12H,9-10H2,1-5H3,(H,18,19). The van der Waals surface area contributed by atoms with Crippen molar-refractivity contribution in [3.63, 3.8) is 0 Å². The molecule has 0 bridgehead atoms. The fourth-order valence-corrected chi connectivity index (χ4v) is 2.33. The maximum absolute atomic E-state index is 11.1. The van der Waals surface area contributed by atoms with Gasteiger partial charge in [-0.15, -0.1) is 0 Å². The number of nitrogens with zero attached hydrogens (tertiary/aromatic N) is 1. The Morgan fingerprint density at radius 2 is 1.81 bits per heavy atom. The van der Waals surface area contributed by atoms with E-state index in [0.29, 0.717) is 17.4 Å². The van der Waals surface area contributed by atoms with Gasteiger partial charge in [-0.05, 0) is 30.5 Å². The molecule has 5 nitrogen and oxygen atoms in total. The lowest BCUT2D eigenvalue weighted by Gasteiger charge is -2.29. The van der Waals surface area contributed by atoms with Crippen molar-refractivity contribution < 1.29 is 19.4 Å². The summed E-state index contributed by atoms with van der Waals surface area (Å²) < 4.78 is 10.5. The minimum Gasteiger partial charge on any atom is -0.493 e. The first-order valence-corrected chi connectivity index (χ1v) is 7.06. The fourth-order valence-electron chi connectivity index (χ4n) is 2.33. The van der Waals surface area contributed by atoms with Gasteiger partial charge >= 0.3 is 5.97 Å². The molecule has 1 N–H and O–H groups in total. The average molecular weight is 295 g/mol. The molecule has 0 aromatic heterocycles. The Morgan fingerprint density at radius 1 is 1.19 bits per heavy atom. The molecule has 0 aliphatic rings. The maximum atomic E-state index is 11.1. The van der Waals surface area contributed by atoms with E-state index >= 15 is 0 Å². The summed E-state index contributed by atoms with van der Waals surface area (Å²) in [4.78, 5) is 13.0. The lowest BCUT2D eigenvalue weighted by atomic mass is 10.0. The van der Waals surface area contributed by atoms with Crippen LogP contribution in [-0.4, -0.2) is 43.3 Å². The number of rotatable bonds is 8. The molecular weight excluding hydrogens is 270 g/mol. The van der Waals surface area contributed by atoms with E-state index in [9.17, 15) is 4.79 Å². The predicted octanol–water partition coefficient (Wildman–Crippen LogP) is 2.81. The Labute approximate surface area is 126 Å². The van der Waals surface area contributed by atoms with E-state index in [4.69, 9.17) is 14.6 Å². The normalized spacial score (nSPS) is 12.5. The van der Waals surface area contributed by atoms with Crippen LogP contribution in [0.25, 0.3) is 0 Å². The Balaban J connectivity index is 3.01. The first kappa shape index (κ1) is 17.3. The quantitative estimate of drug-likeness (QED) is 0.799. The van der Waals surface area contributed by atoms with Crippen LogP contribution in [0.2, 0.25) is 0 Å². The van der Waals surface area contributed by atoms with Crippen LogP contribution in [0.4, 0.5) is 0 Å². The molecule has 0 aliphatic carbocycles. The highest BCUT2D eigenvalue weighted by Gasteiger charge is 2.20. The van der Waals surface area contributed by atoms with Gasteiger partial charge in [0.2, 0.25) is 0 Å². The van der Waals surface area contributed by atoms with Gasteiger partial charge in [0, 0.05) is 12.6 Å². The summed E-state index contributed by atoms with van der Waals surface area (Å²) in [6.45, 7) is 6.91. The van der Waals surface area contributed by atoms with Crippen LogP contribution in [0.5, 0.6) is 11.5 Å². The van der Waals surface area contributed by atoms with E-state index in [2.05, 4.69) is 13.8 Å². The molecule has 21 heavy (non-hydrogen) atoms. The number of carbonyl (C=O) groups is 1. The minimum atomic E-state index is -0.817. The van der Waals surface area contributed by atoms with Crippen molar-refractivity contribution in [2.45, 2.75) is 26.8 Å². The van der Waals surface area contributed by atoms with Crippen LogP contribution in [0, 0.1) is 5.92 Å². The molecule has 0 heterocycles. The summed E-state index contributed by atoms with van der Waals surface area (Å²) in [6.07, 6.45) is 0. The number of carboxylic acid groups (broad SMARTS) is 1. The highest BCUT2D eigenvalue weighted by atomic mass is 16.5. The van der Waals surface area contributed by atoms with E-state index in [1.807, 2.05) is 30.0 Å². The van der Waals surface area contributed by atoms with Gasteiger partial charge in [-0.25, -0.2) is 0 Å². The van der Waals surface area contributed by atoms with Gasteiger partial charge in [0.25, 0.3) is 0 Å². The number of hydrogen-bond donors (Lipinski definition) is 1. The van der Waals surface area contributed by atoms with Crippen molar-refractivity contribution in [2.75, 3.05) is 27.3 Å². The van der Waals surface area contributed by atoms with E-state index in [0.717, 1.165) is 12.1 Å². The highest BCUT2D eigenvalue weighted by molar-refractivity contribution is 5.69. The molecule has 0 saturated carbocycles. The van der Waals surface area contributed by atoms with E-state index in [-0.39, 0.29) is 12.6 Å². The topological polar surface area (TPSA) is 59.0 Å². The fraction of sp³-hybridized carbons (Fsp3) is 0.562. The predicted molar refractivity (Wildman–Crippen MR) is 82.0 cm³/mol. The van der Waals surface area contributed by atoms with Crippen molar-refractivity contribution in [2.24, 2.45) is 5.92 Å². The molecule has 1 aromatic rings. The van der Waals surface area contributed by atoms with Crippen LogP contribution in [0.3, 0.4) is 0 Å². The summed E-state index contributed by atoms with van der Waals surface area (Å²) in [6, 6.07) is 5.68. The Morgan fingerprint density at radius 3 is 2.29 bits per heavy atom. The lowest BCUT2D eigenvalue weighted by molar-refractivity contribution is -0.139. The first-order chi connectivity index (χ1) is 9.88. The number of benzene rings is 1. The van der Waals surface area contributed by atoms with Crippen molar-refractivity contribution in [1.82, 2.24) is 4.90 Å². The van der Waals surface area contributed by atoms with Gasteiger partial charge in [-0.1, -0.05) is 19.9 Å². The van der Waals surface area contributed by atoms with Crippen LogP contribution in [0.1, 0.15) is 32.4 Å². The summed E-state index contributed by atoms with van der Waals surface area (Å²) in [5.41, 5.74) is 1.01. The Kier molecular flexibility index (Phi) is 6.49. The van der Waals surface area contributed by atoms with Gasteiger partial charge in [0.1, 0.15) is 0 Å². The molecule has 0 amide bonds. The van der Waals surface area contributed by atoms with Crippen molar-refractivity contribution >= 4 is 5.97 Å². The van der Waals surface area contributed by atoms with E-state index < -0.39 is 5.97 Å². The SMILES string of the molecule is COc1ccc(C(C)N(CC(=O)O)CC(C)C)cc1OC. The molecule has 0 spiro atoms. The van der Waals surface area contributed by atoms with Crippen LogP contribution < -0.4 is 9.47 Å². The monoisotopic (exact) mass is 295 g/mol. The van der Waals surface area contributed by atoms with Gasteiger partial charge in [-0.3, -0.25) is 9.69 Å². The first-order valence-electron chi connectivity index (χ1n) is 7.06. The van der Waals surface area contributed by atoms with Crippen LogP contribution in [0.15, 0.2) is 18.2 Å². The second kappa shape index (κ2) is 7.88. The third kappa shape index (κ3) is 4.93. The zero-order chi connectivity index (χ0) is 16.0. The van der Waals surface area contributed by atoms with E-state index in [1.165, 1.54) is 0 Å². The van der Waals surface area contributed by atoms with Gasteiger partial charge in [0.05, 0.1) is 20.8 Å².